The molecule has 2 amide bonds. The summed E-state index contributed by atoms with van der Waals surface area (Å²) >= 11 is 0. The predicted molar refractivity (Wildman–Crippen MR) is 122 cm³/mol. The largest absolute Gasteiger partial charge is 0.480 e. The first-order valence-corrected chi connectivity index (χ1v) is 10.9. The zero-order valence-electron chi connectivity index (χ0n) is 17.7. The number of aliphatic carboxylic acids is 1. The number of nitrogens with one attached hydrogen (secondary N) is 1. The molecule has 1 aliphatic rings. The van der Waals surface area contributed by atoms with E-state index < -0.39 is 24.0 Å². The molecule has 1 saturated heterocycles. The van der Waals surface area contributed by atoms with Crippen LogP contribution in [0.1, 0.15) is 24.0 Å². The fourth-order valence-corrected chi connectivity index (χ4v) is 4.28. The molecule has 1 heterocycles. The van der Waals surface area contributed by atoms with Crippen molar-refractivity contribution >= 4 is 28.6 Å². The van der Waals surface area contributed by atoms with E-state index in [1.165, 1.54) is 0 Å². The molecule has 6 nitrogen and oxygen atoms in total. The maximum Gasteiger partial charge on any atom is 0.326 e. The second-order valence-corrected chi connectivity index (χ2v) is 8.19. The molecule has 0 radical (unpaired) electrons. The Bertz CT molecular complexity index is 1130. The normalized spacial score (nSPS) is 16.6. The summed E-state index contributed by atoms with van der Waals surface area (Å²) in [7, 11) is 0. The van der Waals surface area contributed by atoms with Crippen LogP contribution in [0, 0.1) is 0 Å². The second-order valence-electron chi connectivity index (χ2n) is 8.19. The molecule has 0 unspecified atom stereocenters. The van der Waals surface area contributed by atoms with E-state index in [4.69, 9.17) is 0 Å². The van der Waals surface area contributed by atoms with Crippen LogP contribution in [0.2, 0.25) is 0 Å². The summed E-state index contributed by atoms with van der Waals surface area (Å²) in [5, 5.41) is 14.5. The third-order valence-electron chi connectivity index (χ3n) is 5.94. The van der Waals surface area contributed by atoms with Gasteiger partial charge in [0.25, 0.3) is 0 Å². The van der Waals surface area contributed by atoms with Crippen molar-refractivity contribution in [2.24, 2.45) is 0 Å². The van der Waals surface area contributed by atoms with E-state index in [1.54, 1.807) is 4.90 Å². The summed E-state index contributed by atoms with van der Waals surface area (Å²) < 4.78 is 0. The number of fused-ring (bicyclic) bond motifs is 1. The first-order chi connectivity index (χ1) is 15.5. The molecule has 2 N–H and O–H groups in total. The zero-order valence-corrected chi connectivity index (χ0v) is 17.7. The fraction of sp³-hybridized carbons (Fsp3) is 0.269. The lowest BCUT2D eigenvalue weighted by Gasteiger charge is -2.25. The quantitative estimate of drug-likeness (QED) is 0.603. The summed E-state index contributed by atoms with van der Waals surface area (Å²) in [6.45, 7) is 0.506. The van der Waals surface area contributed by atoms with Crippen LogP contribution in [0.25, 0.3) is 10.8 Å². The molecule has 3 aromatic carbocycles. The number of carbonyl (C=O) groups excluding carboxylic acids is 2. The number of amides is 2. The lowest BCUT2D eigenvalue weighted by Crippen LogP contribution is -2.51. The number of benzene rings is 3. The molecular weight excluding hydrogens is 404 g/mol. The van der Waals surface area contributed by atoms with Crippen LogP contribution in [0.4, 0.5) is 0 Å². The minimum absolute atomic E-state index is 0.116. The third-order valence-corrected chi connectivity index (χ3v) is 5.94. The number of rotatable bonds is 7. The summed E-state index contributed by atoms with van der Waals surface area (Å²) in [5.74, 6) is -1.61. The maximum absolute atomic E-state index is 13.0. The number of carboxylic acids is 1. The Hall–Kier alpha value is -3.67. The van der Waals surface area contributed by atoms with E-state index in [0.29, 0.717) is 13.0 Å². The van der Waals surface area contributed by atoms with E-state index in [1.807, 2.05) is 72.8 Å². The van der Waals surface area contributed by atoms with Crippen molar-refractivity contribution in [1.29, 1.82) is 0 Å². The van der Waals surface area contributed by atoms with Crippen LogP contribution in [0.3, 0.4) is 0 Å². The smallest absolute Gasteiger partial charge is 0.326 e. The fourth-order valence-electron chi connectivity index (χ4n) is 4.28. The Kier molecular flexibility index (Phi) is 6.50. The van der Waals surface area contributed by atoms with Crippen LogP contribution in [0.15, 0.2) is 72.8 Å². The number of hydrogen-bond acceptors (Lipinski definition) is 3. The lowest BCUT2D eigenvalue weighted by atomic mass is 10.0. The standard InChI is InChI=1S/C26H26N2O4/c29-24(17-18-7-2-1-3-8-18)28-14-6-11-23(28)25(30)27-22(26(31)32)16-19-12-13-20-9-4-5-10-21(20)15-19/h1-5,7-10,12-13,15,22-23H,6,11,14,16-17H2,(H,27,30)(H,31,32)/t22-,23-/m0/s1. The Morgan fingerprint density at radius 3 is 2.41 bits per heavy atom. The van der Waals surface area contributed by atoms with E-state index in [0.717, 1.165) is 28.3 Å². The molecule has 0 bridgehead atoms. The van der Waals surface area contributed by atoms with E-state index in [-0.39, 0.29) is 18.7 Å². The third kappa shape index (κ3) is 4.97. The molecule has 0 saturated carbocycles. The van der Waals surface area contributed by atoms with Crippen molar-refractivity contribution in [3.05, 3.63) is 83.9 Å². The van der Waals surface area contributed by atoms with Gasteiger partial charge in [0.1, 0.15) is 12.1 Å². The molecule has 1 fully saturated rings. The monoisotopic (exact) mass is 430 g/mol. The summed E-state index contributed by atoms with van der Waals surface area (Å²) in [6.07, 6.45) is 1.66. The minimum atomic E-state index is -1.09. The Morgan fingerprint density at radius 1 is 0.938 bits per heavy atom. The van der Waals surface area contributed by atoms with Crippen molar-refractivity contribution in [3.63, 3.8) is 0 Å². The first-order valence-electron chi connectivity index (χ1n) is 10.9. The van der Waals surface area contributed by atoms with Gasteiger partial charge < -0.3 is 15.3 Å². The van der Waals surface area contributed by atoms with Gasteiger partial charge in [-0.1, -0.05) is 72.8 Å². The van der Waals surface area contributed by atoms with Gasteiger partial charge in [0.2, 0.25) is 11.8 Å². The molecule has 4 rings (SSSR count). The Balaban J connectivity index is 1.43. The van der Waals surface area contributed by atoms with Crippen LogP contribution < -0.4 is 5.32 Å². The highest BCUT2D eigenvalue weighted by atomic mass is 16.4. The highest BCUT2D eigenvalue weighted by Gasteiger charge is 2.35. The van der Waals surface area contributed by atoms with Crippen molar-refractivity contribution in [2.45, 2.75) is 37.8 Å². The Morgan fingerprint density at radius 2 is 1.66 bits per heavy atom. The van der Waals surface area contributed by atoms with Crippen LogP contribution in [0.5, 0.6) is 0 Å². The van der Waals surface area contributed by atoms with Gasteiger partial charge >= 0.3 is 5.97 Å². The van der Waals surface area contributed by atoms with E-state index in [2.05, 4.69) is 5.32 Å². The van der Waals surface area contributed by atoms with Gasteiger partial charge in [0.15, 0.2) is 0 Å². The van der Waals surface area contributed by atoms with Crippen molar-refractivity contribution in [2.75, 3.05) is 6.54 Å². The van der Waals surface area contributed by atoms with Gasteiger partial charge in [-0.2, -0.15) is 0 Å². The highest BCUT2D eigenvalue weighted by Crippen LogP contribution is 2.20. The highest BCUT2D eigenvalue weighted by molar-refractivity contribution is 5.91. The molecule has 6 heteroatoms. The van der Waals surface area contributed by atoms with Gasteiger partial charge in [-0.15, -0.1) is 0 Å². The van der Waals surface area contributed by atoms with Crippen LogP contribution in [-0.4, -0.2) is 46.4 Å². The van der Waals surface area contributed by atoms with Crippen molar-refractivity contribution in [3.8, 4) is 0 Å². The average Bonchev–Trinajstić information content (AvgIpc) is 3.29. The topological polar surface area (TPSA) is 86.7 Å². The second kappa shape index (κ2) is 9.64. The first kappa shape index (κ1) is 21.6. The number of carbonyl (C=O) groups is 3. The molecule has 0 aromatic heterocycles. The van der Waals surface area contributed by atoms with Crippen molar-refractivity contribution < 1.29 is 19.5 Å². The molecule has 0 spiro atoms. The maximum atomic E-state index is 13.0. The number of hydrogen-bond donors (Lipinski definition) is 2. The minimum Gasteiger partial charge on any atom is -0.480 e. The van der Waals surface area contributed by atoms with Gasteiger partial charge in [-0.25, -0.2) is 4.79 Å². The van der Waals surface area contributed by atoms with Crippen LogP contribution in [-0.2, 0) is 27.2 Å². The van der Waals surface area contributed by atoms with E-state index in [9.17, 15) is 19.5 Å². The summed E-state index contributed by atoms with van der Waals surface area (Å²) in [6, 6.07) is 21.4. The number of nitrogens with zero attached hydrogens (tertiary/aromatic N) is 1. The number of carboxylic acid groups (broad SMARTS) is 1. The predicted octanol–water partition coefficient (Wildman–Crippen LogP) is 3.19. The van der Waals surface area contributed by atoms with Gasteiger partial charge in [0.05, 0.1) is 6.42 Å². The molecular formula is C26H26N2O4. The average molecular weight is 431 g/mol. The van der Waals surface area contributed by atoms with Gasteiger partial charge in [-0.05, 0) is 34.7 Å². The molecule has 32 heavy (non-hydrogen) atoms. The van der Waals surface area contributed by atoms with Gasteiger partial charge in [0, 0.05) is 13.0 Å². The molecule has 164 valence electrons. The molecule has 0 aliphatic carbocycles. The summed E-state index contributed by atoms with van der Waals surface area (Å²) in [4.78, 5) is 39.2. The van der Waals surface area contributed by atoms with E-state index >= 15 is 0 Å². The SMILES string of the molecule is O=C(O)[C@H](Cc1ccc2ccccc2c1)NC(=O)[C@@H]1CCCN1C(=O)Cc1ccccc1. The number of likely N-dealkylation sites (tertiary alicyclic amines) is 1. The lowest BCUT2D eigenvalue weighted by molar-refractivity contribution is -0.143. The summed E-state index contributed by atoms with van der Waals surface area (Å²) in [5.41, 5.74) is 1.73. The Labute approximate surface area is 186 Å². The molecule has 1 aliphatic heterocycles. The molecule has 2 atom stereocenters. The zero-order chi connectivity index (χ0) is 22.5. The van der Waals surface area contributed by atoms with Crippen molar-refractivity contribution in [1.82, 2.24) is 10.2 Å². The van der Waals surface area contributed by atoms with Gasteiger partial charge in [-0.3, -0.25) is 9.59 Å². The van der Waals surface area contributed by atoms with Crippen LogP contribution >= 0.6 is 0 Å². The molecule has 3 aromatic rings.